The van der Waals surface area contributed by atoms with Gasteiger partial charge in [0.2, 0.25) is 5.96 Å². The van der Waals surface area contributed by atoms with Gasteiger partial charge in [0.15, 0.2) is 5.96 Å². The molecule has 0 fully saturated rings. The minimum absolute atomic E-state index is 0.0769. The highest BCUT2D eigenvalue weighted by molar-refractivity contribution is 5.99. The highest BCUT2D eigenvalue weighted by atomic mass is 15.1. The molecule has 0 aliphatic heterocycles. The lowest BCUT2D eigenvalue weighted by Gasteiger charge is -2.10. The predicted octanol–water partition coefficient (Wildman–Crippen LogP) is 2.79. The summed E-state index contributed by atoms with van der Waals surface area (Å²) in [6, 6.07) is 12.3. The normalized spacial score (nSPS) is 11.6. The molecule has 0 saturated carbocycles. The van der Waals surface area contributed by atoms with Crippen molar-refractivity contribution in [1.82, 2.24) is 0 Å². The Labute approximate surface area is 130 Å². The first kappa shape index (κ1) is 15.8. The summed E-state index contributed by atoms with van der Waals surface area (Å²) in [6.07, 6.45) is 4.47. The van der Waals surface area contributed by atoms with Crippen LogP contribution in [0.3, 0.4) is 0 Å². The van der Waals surface area contributed by atoms with E-state index in [1.165, 1.54) is 18.4 Å². The Morgan fingerprint density at radius 1 is 1.00 bits per heavy atom. The highest BCUT2D eigenvalue weighted by Gasteiger charge is 2.07. The molecule has 0 saturated heterocycles. The summed E-state index contributed by atoms with van der Waals surface area (Å²) in [5.41, 5.74) is 18.6. The zero-order valence-corrected chi connectivity index (χ0v) is 12.9. The van der Waals surface area contributed by atoms with Gasteiger partial charge in [-0.3, -0.25) is 0 Å². The molecule has 6 N–H and O–H groups in total. The summed E-state index contributed by atoms with van der Waals surface area (Å²) >= 11 is 0. The number of guanidine groups is 2. The van der Waals surface area contributed by atoms with E-state index in [9.17, 15) is 0 Å². The number of nitrogens with two attached hydrogens (primary N) is 3. The molecule has 0 radical (unpaired) electrons. The van der Waals surface area contributed by atoms with Crippen LogP contribution in [0.1, 0.15) is 31.7 Å². The van der Waals surface area contributed by atoms with Crippen molar-refractivity contribution in [3.05, 3.63) is 42.0 Å². The van der Waals surface area contributed by atoms with Crippen LogP contribution in [0, 0.1) is 0 Å². The Morgan fingerprint density at radius 3 is 2.50 bits per heavy atom. The van der Waals surface area contributed by atoms with E-state index >= 15 is 0 Å². The van der Waals surface area contributed by atoms with Crippen LogP contribution in [0.2, 0.25) is 0 Å². The predicted molar refractivity (Wildman–Crippen MR) is 94.3 cm³/mol. The second-order valence-corrected chi connectivity index (χ2v) is 5.26. The first-order valence-electron chi connectivity index (χ1n) is 7.56. The number of hydrogen-bond donors (Lipinski definition) is 3. The van der Waals surface area contributed by atoms with E-state index in [-0.39, 0.29) is 11.9 Å². The molecule has 0 bridgehead atoms. The molecule has 2 aromatic rings. The lowest BCUT2D eigenvalue weighted by Crippen LogP contribution is -2.26. The molecule has 5 heteroatoms. The van der Waals surface area contributed by atoms with Gasteiger partial charge in [0.25, 0.3) is 0 Å². The number of rotatable bonds is 5. The largest absolute Gasteiger partial charge is 0.370 e. The molecule has 0 unspecified atom stereocenters. The summed E-state index contributed by atoms with van der Waals surface area (Å²) in [5.74, 6) is -0.0119. The van der Waals surface area contributed by atoms with E-state index in [4.69, 9.17) is 17.2 Å². The van der Waals surface area contributed by atoms with Crippen molar-refractivity contribution >= 4 is 28.4 Å². The SMILES string of the molecule is CCCCCc1ccc2ccccc2c1N=C(N)N=C(N)N. The van der Waals surface area contributed by atoms with Crippen LogP contribution in [-0.4, -0.2) is 11.9 Å². The molecule has 5 nitrogen and oxygen atoms in total. The van der Waals surface area contributed by atoms with Gasteiger partial charge in [-0.25, -0.2) is 4.99 Å². The molecule has 0 aliphatic carbocycles. The monoisotopic (exact) mass is 297 g/mol. The first-order chi connectivity index (χ1) is 10.6. The number of unbranched alkanes of at least 4 members (excludes halogenated alkanes) is 2. The van der Waals surface area contributed by atoms with Crippen LogP contribution >= 0.6 is 0 Å². The Bertz CT molecular complexity index is 699. The quantitative estimate of drug-likeness (QED) is 0.449. The summed E-state index contributed by atoms with van der Waals surface area (Å²) in [4.78, 5) is 8.27. The summed E-state index contributed by atoms with van der Waals surface area (Å²) in [6.45, 7) is 2.19. The number of fused-ring (bicyclic) bond motifs is 1. The van der Waals surface area contributed by atoms with Gasteiger partial charge < -0.3 is 17.2 Å². The number of benzene rings is 2. The molecule has 2 rings (SSSR count). The smallest absolute Gasteiger partial charge is 0.223 e. The van der Waals surface area contributed by atoms with Crippen molar-refractivity contribution in [2.45, 2.75) is 32.6 Å². The lowest BCUT2D eigenvalue weighted by molar-refractivity contribution is 0.718. The molecule has 0 amide bonds. The Hall–Kier alpha value is -2.56. The number of nitrogens with zero attached hydrogens (tertiary/aromatic N) is 2. The Morgan fingerprint density at radius 2 is 1.77 bits per heavy atom. The fourth-order valence-corrected chi connectivity index (χ4v) is 2.47. The third-order valence-corrected chi connectivity index (χ3v) is 3.50. The molecule has 22 heavy (non-hydrogen) atoms. The molecule has 0 spiro atoms. The second kappa shape index (κ2) is 7.45. The fourth-order valence-electron chi connectivity index (χ4n) is 2.47. The van der Waals surface area contributed by atoms with E-state index in [1.54, 1.807) is 0 Å². The van der Waals surface area contributed by atoms with E-state index in [0.717, 1.165) is 29.3 Å². The molecule has 2 aromatic carbocycles. The molecule has 0 atom stereocenters. The van der Waals surface area contributed by atoms with Crippen molar-refractivity contribution < 1.29 is 0 Å². The molecular formula is C17H23N5. The van der Waals surface area contributed by atoms with Gasteiger partial charge in [-0.05, 0) is 23.8 Å². The third-order valence-electron chi connectivity index (χ3n) is 3.50. The van der Waals surface area contributed by atoms with Gasteiger partial charge in [-0.2, -0.15) is 4.99 Å². The maximum absolute atomic E-state index is 5.82. The van der Waals surface area contributed by atoms with E-state index in [0.29, 0.717) is 0 Å². The number of hydrogen-bond acceptors (Lipinski definition) is 1. The van der Waals surface area contributed by atoms with Crippen LogP contribution in [0.5, 0.6) is 0 Å². The average molecular weight is 297 g/mol. The van der Waals surface area contributed by atoms with Crippen molar-refractivity contribution in [1.29, 1.82) is 0 Å². The third kappa shape index (κ3) is 3.97. The van der Waals surface area contributed by atoms with Gasteiger partial charge >= 0.3 is 0 Å². The van der Waals surface area contributed by atoms with Gasteiger partial charge in [0.1, 0.15) is 0 Å². The van der Waals surface area contributed by atoms with Crippen LogP contribution in [0.25, 0.3) is 10.8 Å². The fraction of sp³-hybridized carbons (Fsp3) is 0.294. The standard InChI is InChI=1S/C17H23N5/c1-2-3-4-8-13-11-10-12-7-5-6-9-14(12)15(13)21-17(20)22-16(18)19/h5-7,9-11H,2-4,8H2,1H3,(H6,18,19,20,21,22). The zero-order valence-electron chi connectivity index (χ0n) is 12.9. The maximum atomic E-state index is 5.82. The lowest BCUT2D eigenvalue weighted by atomic mass is 10.00. The number of aliphatic imine (C=N–C) groups is 2. The van der Waals surface area contributed by atoms with Crippen LogP contribution in [0.4, 0.5) is 5.69 Å². The van der Waals surface area contributed by atoms with Gasteiger partial charge in [-0.15, -0.1) is 0 Å². The Balaban J connectivity index is 2.50. The van der Waals surface area contributed by atoms with Gasteiger partial charge in [0.05, 0.1) is 5.69 Å². The van der Waals surface area contributed by atoms with Crippen molar-refractivity contribution in [3.8, 4) is 0 Å². The molecule has 116 valence electrons. The van der Waals surface area contributed by atoms with Gasteiger partial charge in [-0.1, -0.05) is 56.2 Å². The molecule has 0 aliphatic rings. The molecular weight excluding hydrogens is 274 g/mol. The van der Waals surface area contributed by atoms with E-state index < -0.39 is 0 Å². The van der Waals surface area contributed by atoms with E-state index in [2.05, 4.69) is 35.1 Å². The average Bonchev–Trinajstić information content (AvgIpc) is 2.48. The Kier molecular flexibility index (Phi) is 5.36. The second-order valence-electron chi connectivity index (χ2n) is 5.26. The minimum atomic E-state index is -0.0889. The zero-order chi connectivity index (χ0) is 15.9. The molecule has 0 aromatic heterocycles. The van der Waals surface area contributed by atoms with Crippen LogP contribution in [-0.2, 0) is 6.42 Å². The molecule has 0 heterocycles. The van der Waals surface area contributed by atoms with Crippen LogP contribution < -0.4 is 17.2 Å². The summed E-state index contributed by atoms with van der Waals surface area (Å²) < 4.78 is 0. The number of aryl methyl sites for hydroxylation is 1. The van der Waals surface area contributed by atoms with Crippen LogP contribution in [0.15, 0.2) is 46.4 Å². The van der Waals surface area contributed by atoms with Crippen molar-refractivity contribution in [3.63, 3.8) is 0 Å². The highest BCUT2D eigenvalue weighted by Crippen LogP contribution is 2.31. The first-order valence-corrected chi connectivity index (χ1v) is 7.56. The minimum Gasteiger partial charge on any atom is -0.370 e. The summed E-state index contributed by atoms with van der Waals surface area (Å²) in [7, 11) is 0. The maximum Gasteiger partial charge on any atom is 0.223 e. The topological polar surface area (TPSA) is 103 Å². The van der Waals surface area contributed by atoms with E-state index in [1.807, 2.05) is 18.2 Å². The van der Waals surface area contributed by atoms with Gasteiger partial charge in [0, 0.05) is 5.39 Å². The van der Waals surface area contributed by atoms with Crippen molar-refractivity contribution in [2.75, 3.05) is 0 Å². The van der Waals surface area contributed by atoms with Crippen molar-refractivity contribution in [2.24, 2.45) is 27.2 Å². The summed E-state index contributed by atoms with van der Waals surface area (Å²) in [5, 5.41) is 2.18.